The third-order valence-electron chi connectivity index (χ3n) is 2.69. The predicted molar refractivity (Wildman–Crippen MR) is 86.0 cm³/mol. The molecule has 1 heterocycles. The molecule has 0 unspecified atom stereocenters. The Bertz CT molecular complexity index is 641. The topological polar surface area (TPSA) is 60.4 Å². The van der Waals surface area contributed by atoms with Crippen LogP contribution in [0.5, 0.6) is 0 Å². The van der Waals surface area contributed by atoms with Crippen LogP contribution in [0.3, 0.4) is 0 Å². The summed E-state index contributed by atoms with van der Waals surface area (Å²) in [6, 6.07) is 5.03. The number of hydrogen-bond acceptors (Lipinski definition) is 5. The van der Waals surface area contributed by atoms with E-state index < -0.39 is 5.97 Å². The van der Waals surface area contributed by atoms with Gasteiger partial charge in [0, 0.05) is 34.5 Å². The van der Waals surface area contributed by atoms with Gasteiger partial charge in [0.2, 0.25) is 0 Å². The van der Waals surface area contributed by atoms with Crippen molar-refractivity contribution < 1.29 is 14.7 Å². The van der Waals surface area contributed by atoms with Crippen LogP contribution in [0.15, 0.2) is 23.1 Å². The quantitative estimate of drug-likeness (QED) is 0.609. The standard InChI is InChI=1S/C13H9Cl2NO3S2/c14-8-2-1-3-9(15)7(8)6-10-12(19)16(13(20)21-10)5-4-11(17)18/h1-3,6H,4-5H2,(H,17,18)/p-1/b10-6-. The lowest BCUT2D eigenvalue weighted by Crippen LogP contribution is -2.33. The van der Waals surface area contributed by atoms with Crippen LogP contribution in [0.4, 0.5) is 0 Å². The van der Waals surface area contributed by atoms with Gasteiger partial charge in [-0.15, -0.1) is 0 Å². The summed E-state index contributed by atoms with van der Waals surface area (Å²) in [5.74, 6) is -1.59. The van der Waals surface area contributed by atoms with Crippen molar-refractivity contribution >= 4 is 69.5 Å². The van der Waals surface area contributed by atoms with Crippen molar-refractivity contribution in [3.05, 3.63) is 38.7 Å². The Morgan fingerprint density at radius 2 is 2.00 bits per heavy atom. The maximum atomic E-state index is 12.2. The number of carbonyl (C=O) groups excluding carboxylic acids is 2. The van der Waals surface area contributed by atoms with E-state index in [1.807, 2.05) is 0 Å². The first kappa shape index (κ1) is 16.3. The van der Waals surface area contributed by atoms with Crippen LogP contribution >= 0.6 is 47.2 Å². The maximum absolute atomic E-state index is 12.2. The highest BCUT2D eigenvalue weighted by Crippen LogP contribution is 2.35. The second kappa shape index (κ2) is 6.79. The van der Waals surface area contributed by atoms with Gasteiger partial charge in [-0.05, 0) is 18.2 Å². The molecule has 0 bridgehead atoms. The summed E-state index contributed by atoms with van der Waals surface area (Å²) >= 11 is 18.3. The van der Waals surface area contributed by atoms with Crippen molar-refractivity contribution in [1.29, 1.82) is 0 Å². The smallest absolute Gasteiger partial charge is 0.266 e. The molecule has 0 N–H and O–H groups in total. The van der Waals surface area contributed by atoms with Crippen molar-refractivity contribution in [2.75, 3.05) is 6.54 Å². The fourth-order valence-corrected chi connectivity index (χ4v) is 3.47. The van der Waals surface area contributed by atoms with Crippen LogP contribution in [0, 0.1) is 0 Å². The number of thioether (sulfide) groups is 1. The zero-order chi connectivity index (χ0) is 15.6. The Labute approximate surface area is 140 Å². The third kappa shape index (κ3) is 3.77. The first-order valence-corrected chi connectivity index (χ1v) is 7.77. The van der Waals surface area contributed by atoms with Gasteiger partial charge >= 0.3 is 0 Å². The van der Waals surface area contributed by atoms with E-state index >= 15 is 0 Å². The number of carboxylic acid groups (broad SMARTS) is 1. The number of carboxylic acids is 1. The minimum absolute atomic E-state index is 0.0133. The Balaban J connectivity index is 2.26. The highest BCUT2D eigenvalue weighted by molar-refractivity contribution is 8.26. The van der Waals surface area contributed by atoms with Gasteiger partial charge in [0.1, 0.15) is 4.32 Å². The minimum Gasteiger partial charge on any atom is -0.550 e. The SMILES string of the molecule is O=C([O-])CCN1C(=O)/C(=C/c2c(Cl)cccc2Cl)SC1=S. The predicted octanol–water partition coefficient (Wildman–Crippen LogP) is 2.33. The molecule has 1 aromatic carbocycles. The first-order valence-electron chi connectivity index (χ1n) is 5.79. The summed E-state index contributed by atoms with van der Waals surface area (Å²) in [5.41, 5.74) is 0.529. The van der Waals surface area contributed by atoms with Crippen molar-refractivity contribution in [2.45, 2.75) is 6.42 Å². The Morgan fingerprint density at radius 3 is 2.57 bits per heavy atom. The molecule has 4 nitrogen and oxygen atoms in total. The summed E-state index contributed by atoms with van der Waals surface area (Å²) in [4.78, 5) is 24.3. The average Bonchev–Trinajstić information content (AvgIpc) is 2.67. The van der Waals surface area contributed by atoms with Crippen LogP contribution in [0.1, 0.15) is 12.0 Å². The van der Waals surface area contributed by atoms with Gasteiger partial charge in [-0.25, -0.2) is 0 Å². The largest absolute Gasteiger partial charge is 0.550 e. The Morgan fingerprint density at radius 1 is 1.38 bits per heavy atom. The lowest BCUT2D eigenvalue weighted by Gasteiger charge is -2.14. The zero-order valence-corrected chi connectivity index (χ0v) is 13.6. The van der Waals surface area contributed by atoms with Gasteiger partial charge in [-0.1, -0.05) is 53.2 Å². The number of amides is 1. The van der Waals surface area contributed by atoms with Gasteiger partial charge in [0.15, 0.2) is 0 Å². The molecule has 0 spiro atoms. The van der Waals surface area contributed by atoms with Gasteiger partial charge in [-0.2, -0.15) is 0 Å². The molecule has 110 valence electrons. The van der Waals surface area contributed by atoms with Crippen LogP contribution < -0.4 is 5.11 Å². The van der Waals surface area contributed by atoms with Crippen molar-refractivity contribution in [2.24, 2.45) is 0 Å². The zero-order valence-electron chi connectivity index (χ0n) is 10.5. The van der Waals surface area contributed by atoms with E-state index in [2.05, 4.69) is 0 Å². The molecule has 0 saturated carbocycles. The fourth-order valence-electron chi connectivity index (χ4n) is 1.68. The van der Waals surface area contributed by atoms with Crippen molar-refractivity contribution in [1.82, 2.24) is 4.90 Å². The maximum Gasteiger partial charge on any atom is 0.266 e. The average molecular weight is 361 g/mol. The number of aliphatic carboxylic acids is 1. The van der Waals surface area contributed by atoms with Crippen LogP contribution in [0.2, 0.25) is 10.0 Å². The number of halogens is 2. The highest BCUT2D eigenvalue weighted by atomic mass is 35.5. The highest BCUT2D eigenvalue weighted by Gasteiger charge is 2.31. The molecule has 8 heteroatoms. The van der Waals surface area contributed by atoms with Crippen molar-refractivity contribution in [3.63, 3.8) is 0 Å². The second-order valence-electron chi connectivity index (χ2n) is 4.09. The van der Waals surface area contributed by atoms with Crippen molar-refractivity contribution in [3.8, 4) is 0 Å². The molecule has 1 aliphatic heterocycles. The van der Waals surface area contributed by atoms with Crippen LogP contribution in [-0.4, -0.2) is 27.6 Å². The number of nitrogens with zero attached hydrogens (tertiary/aromatic N) is 1. The number of benzene rings is 1. The minimum atomic E-state index is -1.23. The van der Waals surface area contributed by atoms with Crippen LogP contribution in [0.25, 0.3) is 6.08 Å². The molecule has 1 saturated heterocycles. The Hall–Kier alpha value is -1.08. The molecule has 0 aliphatic carbocycles. The molecule has 0 radical (unpaired) electrons. The molecule has 1 amide bonds. The number of thiocarbonyl (C=S) groups is 1. The Kier molecular flexibility index (Phi) is 5.27. The fraction of sp³-hybridized carbons (Fsp3) is 0.154. The van der Waals surface area contributed by atoms with E-state index in [-0.39, 0.29) is 18.9 Å². The number of rotatable bonds is 4. The van der Waals surface area contributed by atoms with E-state index in [1.165, 1.54) is 4.90 Å². The van der Waals surface area contributed by atoms with E-state index in [9.17, 15) is 14.7 Å². The first-order chi connectivity index (χ1) is 9.90. The lowest BCUT2D eigenvalue weighted by atomic mass is 10.2. The summed E-state index contributed by atoms with van der Waals surface area (Å²) < 4.78 is 0.302. The lowest BCUT2D eigenvalue weighted by molar-refractivity contribution is -0.305. The normalized spacial score (nSPS) is 16.9. The van der Waals surface area contributed by atoms with E-state index in [0.29, 0.717) is 24.8 Å². The molecule has 1 aliphatic rings. The van der Waals surface area contributed by atoms with Gasteiger partial charge in [-0.3, -0.25) is 9.69 Å². The van der Waals surface area contributed by atoms with E-state index in [0.717, 1.165) is 11.8 Å². The molecule has 1 fully saturated rings. The summed E-state index contributed by atoms with van der Waals surface area (Å²) in [6.07, 6.45) is 1.29. The molecule has 0 atom stereocenters. The number of hydrogen-bond donors (Lipinski definition) is 0. The molecular weight excluding hydrogens is 353 g/mol. The van der Waals surface area contributed by atoms with Gasteiger partial charge in [0.25, 0.3) is 5.91 Å². The summed E-state index contributed by atoms with van der Waals surface area (Å²) in [6.45, 7) is -0.0133. The van der Waals surface area contributed by atoms with Crippen LogP contribution in [-0.2, 0) is 9.59 Å². The second-order valence-corrected chi connectivity index (χ2v) is 6.58. The molecule has 21 heavy (non-hydrogen) atoms. The molecule has 1 aromatic rings. The van der Waals surface area contributed by atoms with Gasteiger partial charge in [0.05, 0.1) is 4.91 Å². The summed E-state index contributed by atoms with van der Waals surface area (Å²) in [7, 11) is 0. The third-order valence-corrected chi connectivity index (χ3v) is 4.73. The monoisotopic (exact) mass is 360 g/mol. The molecular formula is C13H8Cl2NO3S2-. The molecule has 2 rings (SSSR count). The molecule has 0 aromatic heterocycles. The van der Waals surface area contributed by atoms with E-state index in [1.54, 1.807) is 24.3 Å². The summed E-state index contributed by atoms with van der Waals surface area (Å²) in [5, 5.41) is 11.3. The van der Waals surface area contributed by atoms with Gasteiger partial charge < -0.3 is 9.90 Å². The number of carbonyl (C=O) groups is 2. The van der Waals surface area contributed by atoms with E-state index in [4.69, 9.17) is 35.4 Å².